The Bertz CT molecular complexity index is 1050. The van der Waals surface area contributed by atoms with Crippen LogP contribution in [0, 0.1) is 0 Å². The fraction of sp³-hybridized carbons (Fsp3) is 0.478. The minimum atomic E-state index is -3.69. The molecule has 0 saturated carbocycles. The van der Waals surface area contributed by atoms with Crippen molar-refractivity contribution < 1.29 is 32.8 Å². The lowest BCUT2D eigenvalue weighted by Gasteiger charge is -2.36. The highest BCUT2D eigenvalue weighted by Crippen LogP contribution is 2.36. The molecule has 2 aromatic carbocycles. The topological polar surface area (TPSA) is 102 Å². The van der Waals surface area contributed by atoms with E-state index < -0.39 is 33.6 Å². The van der Waals surface area contributed by atoms with Gasteiger partial charge in [0.05, 0.1) is 12.2 Å². The first-order valence-electron chi connectivity index (χ1n) is 10.5. The molecule has 2 heterocycles. The maximum Gasteiger partial charge on any atom is 0.187 e. The van der Waals surface area contributed by atoms with Crippen LogP contribution in [0.2, 0.25) is 0 Å². The summed E-state index contributed by atoms with van der Waals surface area (Å²) in [4.78, 5) is 0. The highest BCUT2D eigenvalue weighted by molar-refractivity contribution is 7.91. The first-order valence-corrected chi connectivity index (χ1v) is 12.4. The molecule has 2 aromatic rings. The van der Waals surface area contributed by atoms with E-state index in [2.05, 4.69) is 6.92 Å². The lowest BCUT2D eigenvalue weighted by Crippen LogP contribution is -2.49. The number of benzene rings is 2. The number of hydrogen-bond acceptors (Lipinski definition) is 7. The van der Waals surface area contributed by atoms with E-state index in [9.17, 15) is 18.6 Å². The highest BCUT2D eigenvalue weighted by Gasteiger charge is 2.42. The van der Waals surface area contributed by atoms with Crippen molar-refractivity contribution >= 4 is 9.84 Å². The second-order valence-corrected chi connectivity index (χ2v) is 10.3. The second-order valence-electron chi connectivity index (χ2n) is 8.15. The fourth-order valence-corrected chi connectivity index (χ4v) is 5.20. The third-order valence-electron chi connectivity index (χ3n) is 5.83. The van der Waals surface area contributed by atoms with Crippen LogP contribution in [0.3, 0.4) is 0 Å². The monoisotopic (exact) mass is 448 g/mol. The summed E-state index contributed by atoms with van der Waals surface area (Å²) in [6.07, 6.45) is -0.613. The average molecular weight is 449 g/mol. The minimum Gasteiger partial charge on any atom is -0.486 e. The van der Waals surface area contributed by atoms with Gasteiger partial charge >= 0.3 is 0 Å². The molecule has 0 aromatic heterocycles. The van der Waals surface area contributed by atoms with Gasteiger partial charge in [-0.2, -0.15) is 0 Å². The van der Waals surface area contributed by atoms with Gasteiger partial charge in [0.15, 0.2) is 26.8 Å². The Kier molecular flexibility index (Phi) is 6.25. The molecule has 2 N–H and O–H groups in total. The summed E-state index contributed by atoms with van der Waals surface area (Å²) < 4.78 is 41.1. The molecule has 1 fully saturated rings. The molecule has 4 unspecified atom stereocenters. The van der Waals surface area contributed by atoms with Gasteiger partial charge < -0.3 is 24.4 Å². The Labute approximate surface area is 182 Å². The van der Waals surface area contributed by atoms with E-state index in [1.807, 2.05) is 36.4 Å². The van der Waals surface area contributed by atoms with E-state index in [0.717, 1.165) is 40.9 Å². The number of ether oxygens (including phenoxy) is 3. The van der Waals surface area contributed by atoms with Crippen molar-refractivity contribution in [3.8, 4) is 11.5 Å². The van der Waals surface area contributed by atoms with E-state index in [0.29, 0.717) is 19.6 Å². The number of rotatable bonds is 5. The predicted octanol–water partition coefficient (Wildman–Crippen LogP) is 2.16. The maximum absolute atomic E-state index is 12.0. The summed E-state index contributed by atoms with van der Waals surface area (Å²) in [5.41, 5.74) is 2.68. The van der Waals surface area contributed by atoms with E-state index in [1.165, 1.54) is 5.56 Å². The van der Waals surface area contributed by atoms with Crippen LogP contribution in [0.15, 0.2) is 36.4 Å². The number of sulfone groups is 1. The zero-order valence-electron chi connectivity index (χ0n) is 17.7. The maximum atomic E-state index is 12.0. The van der Waals surface area contributed by atoms with Crippen LogP contribution in [0.4, 0.5) is 0 Å². The zero-order valence-corrected chi connectivity index (χ0v) is 18.5. The van der Waals surface area contributed by atoms with Crippen LogP contribution in [-0.2, 0) is 27.4 Å². The molecular weight excluding hydrogens is 420 g/mol. The van der Waals surface area contributed by atoms with Gasteiger partial charge in [0.1, 0.15) is 19.3 Å². The standard InChI is InChI=1S/C23H28O7S/c1-3-15-5-6-16(20-13-18(24)22(25)23(30-20)31(2,26)27)12-17(15)10-14-4-7-19-21(11-14)29-9-8-28-19/h4-7,11-12,18,20,22-25H,3,8-10,13H2,1-2H3. The van der Waals surface area contributed by atoms with Gasteiger partial charge in [-0.15, -0.1) is 0 Å². The largest absolute Gasteiger partial charge is 0.486 e. The highest BCUT2D eigenvalue weighted by atomic mass is 32.2. The predicted molar refractivity (Wildman–Crippen MR) is 115 cm³/mol. The Balaban J connectivity index is 1.62. The summed E-state index contributed by atoms with van der Waals surface area (Å²) >= 11 is 0. The van der Waals surface area contributed by atoms with Crippen molar-refractivity contribution in [2.75, 3.05) is 19.5 Å². The van der Waals surface area contributed by atoms with Gasteiger partial charge in [-0.25, -0.2) is 8.42 Å². The molecular formula is C23H28O7S. The first kappa shape index (κ1) is 22.1. The Morgan fingerprint density at radius 2 is 1.74 bits per heavy atom. The van der Waals surface area contributed by atoms with E-state index in [-0.39, 0.29) is 6.42 Å². The van der Waals surface area contributed by atoms with Gasteiger partial charge in [-0.1, -0.05) is 31.2 Å². The van der Waals surface area contributed by atoms with E-state index >= 15 is 0 Å². The van der Waals surface area contributed by atoms with Crippen LogP contribution in [0.5, 0.6) is 11.5 Å². The smallest absolute Gasteiger partial charge is 0.187 e. The normalized spacial score (nSPS) is 25.9. The van der Waals surface area contributed by atoms with Gasteiger partial charge in [-0.05, 0) is 47.2 Å². The molecule has 2 aliphatic rings. The Morgan fingerprint density at radius 1 is 1.00 bits per heavy atom. The fourth-order valence-electron chi connectivity index (χ4n) is 4.18. The summed E-state index contributed by atoms with van der Waals surface area (Å²) in [5.74, 6) is 1.48. The molecule has 31 heavy (non-hydrogen) atoms. The molecule has 0 bridgehead atoms. The number of fused-ring (bicyclic) bond motifs is 1. The molecule has 4 atom stereocenters. The van der Waals surface area contributed by atoms with Crippen molar-refractivity contribution in [3.63, 3.8) is 0 Å². The SMILES string of the molecule is CCc1ccc(C2CC(O)C(O)C(S(C)(=O)=O)O2)cc1Cc1ccc2c(c1)OCCO2. The third kappa shape index (κ3) is 4.72. The van der Waals surface area contributed by atoms with E-state index in [1.54, 1.807) is 0 Å². The molecule has 0 spiro atoms. The molecule has 8 heteroatoms. The Morgan fingerprint density at radius 3 is 2.45 bits per heavy atom. The van der Waals surface area contributed by atoms with Gasteiger partial charge in [-0.3, -0.25) is 0 Å². The molecule has 2 aliphatic heterocycles. The number of aliphatic hydroxyl groups excluding tert-OH is 2. The Hall–Kier alpha value is -2.13. The number of aryl methyl sites for hydroxylation is 1. The van der Waals surface area contributed by atoms with E-state index in [4.69, 9.17) is 14.2 Å². The van der Waals surface area contributed by atoms with Gasteiger partial charge in [0.25, 0.3) is 0 Å². The molecule has 0 radical (unpaired) electrons. The average Bonchev–Trinajstić information content (AvgIpc) is 2.74. The molecule has 7 nitrogen and oxygen atoms in total. The number of hydrogen-bond donors (Lipinski definition) is 2. The zero-order chi connectivity index (χ0) is 22.2. The summed E-state index contributed by atoms with van der Waals surface area (Å²) in [5, 5.41) is 20.3. The quantitative estimate of drug-likeness (QED) is 0.723. The summed E-state index contributed by atoms with van der Waals surface area (Å²) in [7, 11) is -3.69. The van der Waals surface area contributed by atoms with Crippen LogP contribution in [0.25, 0.3) is 0 Å². The molecule has 0 aliphatic carbocycles. The van der Waals surface area contributed by atoms with Crippen molar-refractivity contribution in [1.82, 2.24) is 0 Å². The molecule has 168 valence electrons. The summed E-state index contributed by atoms with van der Waals surface area (Å²) in [6.45, 7) is 3.16. The van der Waals surface area contributed by atoms with Crippen molar-refractivity contribution in [2.45, 2.75) is 49.9 Å². The lowest BCUT2D eigenvalue weighted by molar-refractivity contribution is -0.140. The van der Waals surface area contributed by atoms with Crippen LogP contribution >= 0.6 is 0 Å². The number of aliphatic hydroxyl groups is 2. The molecule has 0 amide bonds. The van der Waals surface area contributed by atoms with Crippen LogP contribution in [0.1, 0.15) is 41.7 Å². The van der Waals surface area contributed by atoms with Crippen molar-refractivity contribution in [1.29, 1.82) is 0 Å². The first-order chi connectivity index (χ1) is 14.8. The molecule has 4 rings (SSSR count). The van der Waals surface area contributed by atoms with Crippen LogP contribution < -0.4 is 9.47 Å². The molecule has 1 saturated heterocycles. The van der Waals surface area contributed by atoms with Crippen LogP contribution in [-0.4, -0.2) is 55.7 Å². The van der Waals surface area contributed by atoms with Gasteiger partial charge in [0, 0.05) is 12.7 Å². The second kappa shape index (κ2) is 8.78. The van der Waals surface area contributed by atoms with Gasteiger partial charge in [0.2, 0.25) is 0 Å². The van der Waals surface area contributed by atoms with Crippen molar-refractivity contribution in [3.05, 3.63) is 58.7 Å². The minimum absolute atomic E-state index is 0.127. The van der Waals surface area contributed by atoms with Crippen molar-refractivity contribution in [2.24, 2.45) is 0 Å². The summed E-state index contributed by atoms with van der Waals surface area (Å²) in [6, 6.07) is 11.8. The lowest BCUT2D eigenvalue weighted by atomic mass is 9.91. The third-order valence-corrected chi connectivity index (χ3v) is 7.07.